The molecule has 104 valence electrons. The Morgan fingerprint density at radius 1 is 1.32 bits per heavy atom. The van der Waals surface area contributed by atoms with Gasteiger partial charge in [-0.05, 0) is 18.6 Å². The van der Waals surface area contributed by atoms with Crippen molar-refractivity contribution in [3.8, 4) is 0 Å². The van der Waals surface area contributed by atoms with E-state index in [1.807, 2.05) is 0 Å². The third-order valence-corrected chi connectivity index (χ3v) is 2.69. The molecule has 0 aromatic heterocycles. The van der Waals surface area contributed by atoms with Gasteiger partial charge in [-0.25, -0.2) is 8.78 Å². The summed E-state index contributed by atoms with van der Waals surface area (Å²) < 4.78 is 26.1. The molecule has 0 bridgehead atoms. The zero-order valence-corrected chi connectivity index (χ0v) is 10.5. The summed E-state index contributed by atoms with van der Waals surface area (Å²) in [7, 11) is 0. The van der Waals surface area contributed by atoms with Gasteiger partial charge in [-0.2, -0.15) is 0 Å². The number of rotatable bonds is 6. The molecule has 1 rings (SSSR count). The van der Waals surface area contributed by atoms with Gasteiger partial charge in [-0.1, -0.05) is 6.07 Å². The Bertz CT molecular complexity index is 477. The smallest absolute Gasteiger partial charge is 0.305 e. The third-order valence-electron chi connectivity index (χ3n) is 2.69. The Labute approximate surface area is 109 Å². The van der Waals surface area contributed by atoms with Crippen LogP contribution in [0.3, 0.4) is 0 Å². The molecule has 0 heterocycles. The van der Waals surface area contributed by atoms with E-state index in [1.54, 1.807) is 6.92 Å². The monoisotopic (exact) mass is 271 g/mol. The van der Waals surface area contributed by atoms with Crippen LogP contribution in [0.15, 0.2) is 18.2 Å². The molecule has 0 saturated heterocycles. The van der Waals surface area contributed by atoms with E-state index in [9.17, 15) is 18.4 Å². The van der Waals surface area contributed by atoms with Gasteiger partial charge in [0.25, 0.3) is 0 Å². The molecule has 1 amide bonds. The van der Waals surface area contributed by atoms with Crippen LogP contribution < -0.4 is 0 Å². The van der Waals surface area contributed by atoms with Gasteiger partial charge in [0.2, 0.25) is 5.91 Å². The van der Waals surface area contributed by atoms with Crippen LogP contribution in [0.4, 0.5) is 8.78 Å². The molecule has 0 spiro atoms. The number of nitrogens with zero attached hydrogens (tertiary/aromatic N) is 1. The van der Waals surface area contributed by atoms with Gasteiger partial charge in [0, 0.05) is 19.2 Å². The van der Waals surface area contributed by atoms with Crippen LogP contribution >= 0.6 is 0 Å². The van der Waals surface area contributed by atoms with Crippen molar-refractivity contribution in [2.75, 3.05) is 13.1 Å². The topological polar surface area (TPSA) is 57.6 Å². The maximum Gasteiger partial charge on any atom is 0.305 e. The van der Waals surface area contributed by atoms with Crippen molar-refractivity contribution < 1.29 is 23.5 Å². The predicted molar refractivity (Wildman–Crippen MR) is 64.6 cm³/mol. The maximum absolute atomic E-state index is 13.4. The summed E-state index contributed by atoms with van der Waals surface area (Å²) in [5, 5.41) is 8.56. The first-order valence-corrected chi connectivity index (χ1v) is 5.87. The zero-order valence-electron chi connectivity index (χ0n) is 10.5. The minimum Gasteiger partial charge on any atom is -0.481 e. The van der Waals surface area contributed by atoms with Crippen molar-refractivity contribution in [2.24, 2.45) is 0 Å². The van der Waals surface area contributed by atoms with Gasteiger partial charge in [-0.15, -0.1) is 0 Å². The molecule has 0 atom stereocenters. The normalized spacial score (nSPS) is 10.3. The molecule has 0 aliphatic heterocycles. The summed E-state index contributed by atoms with van der Waals surface area (Å²) in [6.45, 7) is 2.13. The second kappa shape index (κ2) is 6.82. The van der Waals surface area contributed by atoms with Crippen LogP contribution in [0.2, 0.25) is 0 Å². The van der Waals surface area contributed by atoms with Crippen molar-refractivity contribution in [3.63, 3.8) is 0 Å². The molecule has 0 fully saturated rings. The molecule has 0 unspecified atom stereocenters. The highest BCUT2D eigenvalue weighted by molar-refractivity contribution is 5.79. The highest BCUT2D eigenvalue weighted by atomic mass is 19.1. The first kappa shape index (κ1) is 15.1. The molecule has 1 aromatic rings. The van der Waals surface area contributed by atoms with Gasteiger partial charge in [0.15, 0.2) is 0 Å². The minimum atomic E-state index is -1.00. The van der Waals surface area contributed by atoms with Crippen molar-refractivity contribution >= 4 is 11.9 Å². The van der Waals surface area contributed by atoms with Gasteiger partial charge in [0.05, 0.1) is 12.8 Å². The molecule has 6 heteroatoms. The first-order chi connectivity index (χ1) is 8.93. The fourth-order valence-electron chi connectivity index (χ4n) is 1.63. The molecule has 1 aromatic carbocycles. The Hall–Kier alpha value is -1.98. The van der Waals surface area contributed by atoms with Crippen LogP contribution in [0.5, 0.6) is 0 Å². The number of carboxylic acids is 1. The van der Waals surface area contributed by atoms with E-state index < -0.39 is 17.6 Å². The molecule has 0 aliphatic carbocycles. The molecular weight excluding hydrogens is 256 g/mol. The zero-order chi connectivity index (χ0) is 14.4. The number of aliphatic carboxylic acids is 1. The van der Waals surface area contributed by atoms with Crippen molar-refractivity contribution in [2.45, 2.75) is 19.8 Å². The van der Waals surface area contributed by atoms with Crippen LogP contribution in [0.25, 0.3) is 0 Å². The van der Waals surface area contributed by atoms with Crippen LogP contribution in [-0.4, -0.2) is 35.0 Å². The molecule has 19 heavy (non-hydrogen) atoms. The number of carbonyl (C=O) groups is 2. The average molecular weight is 271 g/mol. The third kappa shape index (κ3) is 4.65. The minimum absolute atomic E-state index is 0.0769. The standard InChI is InChI=1S/C13H15F2NO3/c1-2-16(6-5-13(18)19)12(17)7-9-3-4-10(14)8-11(9)15/h3-4,8H,2,5-7H2,1H3,(H,18,19). The molecule has 0 radical (unpaired) electrons. The van der Waals surface area contributed by atoms with Gasteiger partial charge >= 0.3 is 5.97 Å². The lowest BCUT2D eigenvalue weighted by atomic mass is 10.1. The van der Waals surface area contributed by atoms with E-state index in [2.05, 4.69) is 0 Å². The number of hydrogen-bond acceptors (Lipinski definition) is 2. The summed E-state index contributed by atoms with van der Waals surface area (Å²) in [4.78, 5) is 23.6. The number of hydrogen-bond donors (Lipinski definition) is 1. The molecular formula is C13H15F2NO3. The lowest BCUT2D eigenvalue weighted by Crippen LogP contribution is -2.34. The van der Waals surface area contributed by atoms with Crippen LogP contribution in [0.1, 0.15) is 18.9 Å². The van der Waals surface area contributed by atoms with E-state index in [0.29, 0.717) is 6.54 Å². The van der Waals surface area contributed by atoms with Crippen LogP contribution in [-0.2, 0) is 16.0 Å². The Balaban J connectivity index is 2.68. The quantitative estimate of drug-likeness (QED) is 0.858. The number of halogens is 2. The molecule has 0 aliphatic rings. The van der Waals surface area contributed by atoms with E-state index >= 15 is 0 Å². The highest BCUT2D eigenvalue weighted by Crippen LogP contribution is 2.11. The highest BCUT2D eigenvalue weighted by Gasteiger charge is 2.15. The van der Waals surface area contributed by atoms with Crippen molar-refractivity contribution in [1.82, 2.24) is 4.90 Å². The summed E-state index contributed by atoms with van der Waals surface area (Å²) in [5.74, 6) is -2.86. The Kier molecular flexibility index (Phi) is 5.41. The largest absolute Gasteiger partial charge is 0.481 e. The van der Waals surface area contributed by atoms with E-state index in [4.69, 9.17) is 5.11 Å². The van der Waals surface area contributed by atoms with Gasteiger partial charge in [-0.3, -0.25) is 9.59 Å². The number of benzene rings is 1. The van der Waals surface area contributed by atoms with Gasteiger partial charge in [0.1, 0.15) is 11.6 Å². The van der Waals surface area contributed by atoms with Crippen molar-refractivity contribution in [1.29, 1.82) is 0 Å². The van der Waals surface area contributed by atoms with Gasteiger partial charge < -0.3 is 10.0 Å². The average Bonchev–Trinajstić information content (AvgIpc) is 2.33. The number of carboxylic acid groups (broad SMARTS) is 1. The summed E-state index contributed by atoms with van der Waals surface area (Å²) in [6, 6.07) is 3.02. The number of likely N-dealkylation sites (N-methyl/N-ethyl adjacent to an activating group) is 1. The van der Waals surface area contributed by atoms with E-state index in [1.165, 1.54) is 11.0 Å². The Morgan fingerprint density at radius 2 is 2.00 bits per heavy atom. The fourth-order valence-corrected chi connectivity index (χ4v) is 1.63. The number of amides is 1. The summed E-state index contributed by atoms with van der Waals surface area (Å²) >= 11 is 0. The predicted octanol–water partition coefficient (Wildman–Crippen LogP) is 1.83. The Morgan fingerprint density at radius 3 is 2.53 bits per heavy atom. The molecule has 1 N–H and O–H groups in total. The first-order valence-electron chi connectivity index (χ1n) is 5.87. The lowest BCUT2D eigenvalue weighted by molar-refractivity contribution is -0.138. The SMILES string of the molecule is CCN(CCC(=O)O)C(=O)Cc1ccc(F)cc1F. The maximum atomic E-state index is 13.4. The van der Waals surface area contributed by atoms with E-state index in [-0.39, 0.29) is 30.9 Å². The van der Waals surface area contributed by atoms with E-state index in [0.717, 1.165) is 12.1 Å². The molecule has 4 nitrogen and oxygen atoms in total. The lowest BCUT2D eigenvalue weighted by Gasteiger charge is -2.20. The van der Waals surface area contributed by atoms with Crippen LogP contribution in [0, 0.1) is 11.6 Å². The summed E-state index contributed by atoms with van der Waals surface area (Å²) in [5.41, 5.74) is 0.0974. The molecule has 0 saturated carbocycles. The number of carbonyl (C=O) groups excluding carboxylic acids is 1. The van der Waals surface area contributed by atoms with Crippen molar-refractivity contribution in [3.05, 3.63) is 35.4 Å². The second-order valence-electron chi connectivity index (χ2n) is 4.03. The summed E-state index contributed by atoms with van der Waals surface area (Å²) in [6.07, 6.45) is -0.370. The fraction of sp³-hybridized carbons (Fsp3) is 0.385. The second-order valence-corrected chi connectivity index (χ2v) is 4.03.